The Morgan fingerprint density at radius 2 is 1.83 bits per heavy atom. The number of amides is 3. The van der Waals surface area contributed by atoms with Crippen molar-refractivity contribution in [1.29, 1.82) is 0 Å². The van der Waals surface area contributed by atoms with Crippen molar-refractivity contribution in [3.05, 3.63) is 77.6 Å². The molecule has 222 valence electrons. The van der Waals surface area contributed by atoms with Crippen LogP contribution in [0.3, 0.4) is 0 Å². The minimum Gasteiger partial charge on any atom is -0.508 e. The molecule has 11 heteroatoms. The molecule has 1 aliphatic rings. The molecule has 5 N–H and O–H groups in total. The number of aromatic nitrogens is 1. The van der Waals surface area contributed by atoms with Gasteiger partial charge in [0, 0.05) is 37.9 Å². The lowest BCUT2D eigenvalue weighted by Crippen LogP contribution is -2.56. The summed E-state index contributed by atoms with van der Waals surface area (Å²) in [6.45, 7) is 3.87. The van der Waals surface area contributed by atoms with E-state index in [1.54, 1.807) is 55.1 Å². The first-order valence-corrected chi connectivity index (χ1v) is 13.9. The zero-order valence-electron chi connectivity index (χ0n) is 24.2. The number of nitrogens with zero attached hydrogens (tertiary/aromatic N) is 3. The molecule has 2 aromatic carbocycles. The summed E-state index contributed by atoms with van der Waals surface area (Å²) >= 11 is 0. The number of nitrogens with two attached hydrogens (primary N) is 1. The van der Waals surface area contributed by atoms with Crippen LogP contribution in [0.5, 0.6) is 11.5 Å². The van der Waals surface area contributed by atoms with Crippen molar-refractivity contribution >= 4 is 29.3 Å². The Morgan fingerprint density at radius 1 is 1.10 bits per heavy atom. The summed E-state index contributed by atoms with van der Waals surface area (Å²) in [6, 6.07) is 13.5. The number of piperidine rings is 1. The average Bonchev–Trinajstić information content (AvgIpc) is 3.29. The van der Waals surface area contributed by atoms with Gasteiger partial charge in [0.2, 0.25) is 0 Å². The number of urea groups is 1. The number of rotatable bonds is 9. The van der Waals surface area contributed by atoms with Crippen LogP contribution in [0.25, 0.3) is 0 Å². The smallest absolute Gasteiger partial charge is 0.497 e. The molecule has 1 saturated heterocycles. The van der Waals surface area contributed by atoms with Crippen molar-refractivity contribution in [2.75, 3.05) is 32.1 Å². The van der Waals surface area contributed by atoms with Gasteiger partial charge in [-0.25, -0.2) is 10.1 Å². The summed E-state index contributed by atoms with van der Waals surface area (Å²) in [5.41, 5.74) is 9.03. The molecule has 0 spiro atoms. The van der Waals surface area contributed by atoms with E-state index in [2.05, 4.69) is 12.4 Å². The van der Waals surface area contributed by atoms with Crippen LogP contribution >= 0.6 is 0 Å². The summed E-state index contributed by atoms with van der Waals surface area (Å²) < 4.78 is 8.70. The Labute approximate surface area is 245 Å². The molecule has 42 heavy (non-hydrogen) atoms. The summed E-state index contributed by atoms with van der Waals surface area (Å²) in [5, 5.41) is 22.6. The molecule has 1 unspecified atom stereocenters. The fraction of sp³-hybridized carbons (Fsp3) is 0.355. The number of esters is 1. The van der Waals surface area contributed by atoms with Crippen LogP contribution in [0.15, 0.2) is 60.8 Å². The number of phenolic OH excluding ortho intramolecular Hbond substituents is 2. The van der Waals surface area contributed by atoms with Gasteiger partial charge in [0.05, 0.1) is 26.4 Å². The van der Waals surface area contributed by atoms with Crippen LogP contribution in [-0.4, -0.2) is 80.2 Å². The van der Waals surface area contributed by atoms with Gasteiger partial charge < -0.3 is 29.7 Å². The highest BCUT2D eigenvalue weighted by molar-refractivity contribution is 5.95. The number of anilines is 1. The Bertz CT molecular complexity index is 1500. The van der Waals surface area contributed by atoms with E-state index in [4.69, 9.17) is 10.5 Å². The fourth-order valence-corrected chi connectivity index (χ4v) is 5.60. The number of phenols is 2. The molecule has 3 aromatic rings. The molecule has 1 fully saturated rings. The van der Waals surface area contributed by atoms with Gasteiger partial charge in [-0.05, 0) is 36.8 Å². The third kappa shape index (κ3) is 7.35. The monoisotopic (exact) mass is 577 g/mol. The minimum atomic E-state index is -1.01. The maximum absolute atomic E-state index is 14.0. The van der Waals surface area contributed by atoms with Crippen molar-refractivity contribution in [1.82, 2.24) is 4.57 Å². The number of hydrogen-bond acceptors (Lipinski definition) is 6. The molecule has 1 aromatic heterocycles. The van der Waals surface area contributed by atoms with Crippen molar-refractivity contribution < 1.29 is 38.4 Å². The quantitative estimate of drug-likeness (QED) is 0.175. The van der Waals surface area contributed by atoms with Crippen LogP contribution in [-0.2, 0) is 29.5 Å². The fourth-order valence-electron chi connectivity index (χ4n) is 5.60. The minimum absolute atomic E-state index is 0.0899. The molecule has 4 rings (SSSR count). The molecule has 0 bridgehead atoms. The standard InChI is InChI=1S/C31H37N5O6/c1-4-42-30(40)28-17-23(18-34(28)2)33-31(41)35(27(29(32)39)16-21-10-12-25(37)13-11-21)24-8-6-14-36(3,20-24)19-22-7-5-9-26(38)15-22/h5,7,9-13,15,17-18,27H,4,6,8,14,16,19-20H2,1-3H3,(H3-2,32,33,37,38,39,41)/p+2/b35-24-/t27-,36?/m0/s1. The average molecular weight is 578 g/mol. The van der Waals surface area contributed by atoms with Crippen LogP contribution in [0, 0.1) is 0 Å². The van der Waals surface area contributed by atoms with Crippen LogP contribution < -0.4 is 11.1 Å². The molecular formula is C31H39N5O6+2. The van der Waals surface area contributed by atoms with E-state index < -0.39 is 23.9 Å². The van der Waals surface area contributed by atoms with Crippen LogP contribution in [0.1, 0.15) is 41.4 Å². The number of aryl methyl sites for hydroxylation is 1. The maximum atomic E-state index is 14.0. The van der Waals surface area contributed by atoms with Gasteiger partial charge in [0.25, 0.3) is 5.91 Å². The molecule has 0 saturated carbocycles. The zero-order valence-corrected chi connectivity index (χ0v) is 24.2. The van der Waals surface area contributed by atoms with E-state index in [1.165, 1.54) is 22.8 Å². The number of hydrogen-bond donors (Lipinski definition) is 4. The van der Waals surface area contributed by atoms with Crippen molar-refractivity contribution in [3.63, 3.8) is 0 Å². The summed E-state index contributed by atoms with van der Waals surface area (Å²) in [4.78, 5) is 39.3. The highest BCUT2D eigenvalue weighted by Gasteiger charge is 2.39. The summed E-state index contributed by atoms with van der Waals surface area (Å²) in [5.74, 6) is -0.902. The van der Waals surface area contributed by atoms with E-state index in [0.717, 1.165) is 29.8 Å². The highest BCUT2D eigenvalue weighted by atomic mass is 16.5. The lowest BCUT2D eigenvalue weighted by molar-refractivity contribution is -0.918. The second-order valence-electron chi connectivity index (χ2n) is 11.0. The van der Waals surface area contributed by atoms with E-state index in [9.17, 15) is 24.6 Å². The van der Waals surface area contributed by atoms with E-state index in [1.807, 2.05) is 6.07 Å². The predicted molar refractivity (Wildman–Crippen MR) is 157 cm³/mol. The Morgan fingerprint density at radius 3 is 2.50 bits per heavy atom. The number of nitrogens with one attached hydrogen (secondary N) is 1. The first-order chi connectivity index (χ1) is 20.0. The molecular weight excluding hydrogens is 538 g/mol. The van der Waals surface area contributed by atoms with Gasteiger partial charge in [-0.1, -0.05) is 24.3 Å². The van der Waals surface area contributed by atoms with Crippen molar-refractivity contribution in [2.24, 2.45) is 12.8 Å². The number of quaternary nitrogens is 1. The van der Waals surface area contributed by atoms with Gasteiger partial charge in [-0.15, -0.1) is 0 Å². The Balaban J connectivity index is 1.72. The molecule has 0 radical (unpaired) electrons. The van der Waals surface area contributed by atoms with Gasteiger partial charge in [-0.3, -0.25) is 4.79 Å². The van der Waals surface area contributed by atoms with Crippen molar-refractivity contribution in [2.45, 2.75) is 38.8 Å². The number of benzene rings is 2. The molecule has 2 heterocycles. The third-order valence-electron chi connectivity index (χ3n) is 7.51. The van der Waals surface area contributed by atoms with Crippen LogP contribution in [0.2, 0.25) is 0 Å². The van der Waals surface area contributed by atoms with E-state index >= 15 is 0 Å². The molecule has 11 nitrogen and oxygen atoms in total. The topological polar surface area (TPSA) is 147 Å². The molecule has 2 atom stereocenters. The number of carbonyl (C=O) groups is 3. The van der Waals surface area contributed by atoms with Gasteiger partial charge >= 0.3 is 12.0 Å². The SMILES string of the molecule is CCOC(=O)c1cc(NC(=O)/[N+](=C2/CCC[N+](C)(Cc3cccc(O)c3)C2)[C@@H](Cc2ccc(O)cc2)C(N)=O)cn1C. The summed E-state index contributed by atoms with van der Waals surface area (Å²) in [7, 11) is 3.76. The first-order valence-electron chi connectivity index (χ1n) is 13.9. The summed E-state index contributed by atoms with van der Waals surface area (Å²) in [6.07, 6.45) is 3.11. The van der Waals surface area contributed by atoms with E-state index in [0.29, 0.717) is 29.7 Å². The predicted octanol–water partition coefficient (Wildman–Crippen LogP) is 3.14. The van der Waals surface area contributed by atoms with Crippen molar-refractivity contribution in [3.8, 4) is 11.5 Å². The van der Waals surface area contributed by atoms with E-state index in [-0.39, 0.29) is 30.2 Å². The van der Waals surface area contributed by atoms with Gasteiger partial charge in [-0.2, -0.15) is 9.37 Å². The Kier molecular flexibility index (Phi) is 9.31. The number of aromatic hydroxyl groups is 2. The molecule has 3 amide bonds. The number of ether oxygens (including phenoxy) is 1. The lowest BCUT2D eigenvalue weighted by Gasteiger charge is -2.38. The normalized spacial score (nSPS) is 18.6. The number of likely N-dealkylation sites (tertiary alicyclic amines) is 1. The zero-order chi connectivity index (χ0) is 30.4. The second-order valence-corrected chi connectivity index (χ2v) is 11.0. The van der Waals surface area contributed by atoms with Crippen LogP contribution in [0.4, 0.5) is 10.5 Å². The highest BCUT2D eigenvalue weighted by Crippen LogP contribution is 2.23. The number of primary amides is 1. The largest absolute Gasteiger partial charge is 0.508 e. The third-order valence-corrected chi connectivity index (χ3v) is 7.51. The maximum Gasteiger partial charge on any atom is 0.497 e. The van der Waals surface area contributed by atoms with Gasteiger partial charge in [0.1, 0.15) is 41.7 Å². The first kappa shape index (κ1) is 30.3. The molecule has 1 aliphatic heterocycles. The Hall–Kier alpha value is -4.64. The lowest BCUT2D eigenvalue weighted by atomic mass is 10.0. The molecule has 0 aliphatic carbocycles. The second kappa shape index (κ2) is 12.9. The number of carbonyl (C=O) groups excluding carboxylic acids is 3. The van der Waals surface area contributed by atoms with Gasteiger partial charge in [0.15, 0.2) is 6.04 Å².